The van der Waals surface area contributed by atoms with E-state index in [1.54, 1.807) is 14.1 Å². The zero-order valence-corrected chi connectivity index (χ0v) is 7.28. The molecule has 0 saturated heterocycles. The monoisotopic (exact) mass is 174 g/mol. The predicted molar refractivity (Wildman–Crippen MR) is 43.5 cm³/mol. The van der Waals surface area contributed by atoms with Gasteiger partial charge >= 0.3 is 5.97 Å². The molecule has 5 nitrogen and oxygen atoms in total. The molecule has 0 bridgehead atoms. The number of aliphatic carboxylic acids is 1. The molecular weight excluding hydrogens is 160 g/mol. The molecular formula is C7H14N2O3. The van der Waals surface area contributed by atoms with Crippen LogP contribution in [0.4, 0.5) is 0 Å². The van der Waals surface area contributed by atoms with Gasteiger partial charge in [0.1, 0.15) is 6.04 Å². The van der Waals surface area contributed by atoms with Crippen LogP contribution in [0.25, 0.3) is 0 Å². The molecule has 3 N–H and O–H groups in total. The van der Waals surface area contributed by atoms with E-state index < -0.39 is 12.0 Å². The molecule has 0 spiro atoms. The molecule has 0 aromatic heterocycles. The Balaban J connectivity index is 3.69. The number of hydrogen-bond donors (Lipinski definition) is 2. The third-order valence-corrected chi connectivity index (χ3v) is 1.49. The third-order valence-electron chi connectivity index (χ3n) is 1.49. The van der Waals surface area contributed by atoms with Crippen molar-refractivity contribution in [1.82, 2.24) is 4.90 Å². The lowest BCUT2D eigenvalue weighted by Gasteiger charge is -2.10. The van der Waals surface area contributed by atoms with Crippen LogP contribution in [0.5, 0.6) is 0 Å². The Kier molecular flexibility index (Phi) is 4.28. The fourth-order valence-corrected chi connectivity index (χ4v) is 0.626. The molecule has 0 aromatic rings. The molecule has 12 heavy (non-hydrogen) atoms. The van der Waals surface area contributed by atoms with Gasteiger partial charge in [0.25, 0.3) is 0 Å². The van der Waals surface area contributed by atoms with Crippen LogP contribution in [0.15, 0.2) is 0 Å². The molecule has 0 saturated carbocycles. The summed E-state index contributed by atoms with van der Waals surface area (Å²) in [5.74, 6) is -1.17. The number of nitrogens with two attached hydrogens (primary N) is 1. The summed E-state index contributed by atoms with van der Waals surface area (Å²) in [6.45, 7) is 0. The normalized spacial score (nSPS) is 12.2. The van der Waals surface area contributed by atoms with Crippen LogP contribution < -0.4 is 5.73 Å². The average molecular weight is 174 g/mol. The fraction of sp³-hybridized carbons (Fsp3) is 0.714. The zero-order chi connectivity index (χ0) is 9.72. The van der Waals surface area contributed by atoms with Crippen LogP contribution in [0, 0.1) is 0 Å². The minimum atomic E-state index is -1.07. The van der Waals surface area contributed by atoms with Crippen LogP contribution >= 0.6 is 0 Å². The second-order valence-corrected chi connectivity index (χ2v) is 2.77. The molecule has 0 aliphatic carbocycles. The van der Waals surface area contributed by atoms with Gasteiger partial charge in [0.15, 0.2) is 0 Å². The number of amides is 1. The van der Waals surface area contributed by atoms with Crippen molar-refractivity contribution in [3.8, 4) is 0 Å². The predicted octanol–water partition coefficient (Wildman–Crippen LogP) is -0.733. The van der Waals surface area contributed by atoms with Gasteiger partial charge in [0, 0.05) is 20.5 Å². The Labute approximate surface area is 71.1 Å². The van der Waals surface area contributed by atoms with Crippen molar-refractivity contribution < 1.29 is 14.7 Å². The van der Waals surface area contributed by atoms with Crippen molar-refractivity contribution in [3.63, 3.8) is 0 Å². The molecule has 5 heteroatoms. The molecule has 0 rings (SSSR count). The number of rotatable bonds is 4. The van der Waals surface area contributed by atoms with Crippen LogP contribution in [0.3, 0.4) is 0 Å². The highest BCUT2D eigenvalue weighted by Gasteiger charge is 2.13. The zero-order valence-electron chi connectivity index (χ0n) is 7.28. The van der Waals surface area contributed by atoms with E-state index in [2.05, 4.69) is 0 Å². The standard InChI is InChI=1S/C7H14N2O3/c1-9(2)6(10)4-3-5(8)7(11)12/h5H,3-4,8H2,1-2H3,(H,11,12). The topological polar surface area (TPSA) is 83.6 Å². The lowest BCUT2D eigenvalue weighted by atomic mass is 10.1. The van der Waals surface area contributed by atoms with Crippen LogP contribution in [-0.4, -0.2) is 42.0 Å². The number of nitrogens with zero attached hydrogens (tertiary/aromatic N) is 1. The highest BCUT2D eigenvalue weighted by atomic mass is 16.4. The minimum Gasteiger partial charge on any atom is -0.480 e. The fourth-order valence-electron chi connectivity index (χ4n) is 0.626. The lowest BCUT2D eigenvalue weighted by Crippen LogP contribution is -2.32. The van der Waals surface area contributed by atoms with Crippen LogP contribution in [0.2, 0.25) is 0 Å². The quantitative estimate of drug-likeness (QED) is 0.588. The first kappa shape index (κ1) is 10.9. The van der Waals surface area contributed by atoms with E-state index in [4.69, 9.17) is 10.8 Å². The molecule has 0 aliphatic rings. The summed E-state index contributed by atoms with van der Waals surface area (Å²) < 4.78 is 0. The van der Waals surface area contributed by atoms with Gasteiger partial charge in [-0.3, -0.25) is 9.59 Å². The second-order valence-electron chi connectivity index (χ2n) is 2.77. The maximum atomic E-state index is 10.9. The summed E-state index contributed by atoms with van der Waals surface area (Å²) in [6.07, 6.45) is 0.368. The van der Waals surface area contributed by atoms with Crippen molar-refractivity contribution >= 4 is 11.9 Å². The molecule has 0 fully saturated rings. The van der Waals surface area contributed by atoms with E-state index >= 15 is 0 Å². The highest BCUT2D eigenvalue weighted by Crippen LogP contribution is 1.97. The maximum absolute atomic E-state index is 10.9. The summed E-state index contributed by atoms with van der Waals surface area (Å²) in [7, 11) is 3.24. The van der Waals surface area contributed by atoms with E-state index in [1.165, 1.54) is 4.90 Å². The van der Waals surface area contributed by atoms with Gasteiger partial charge in [0.05, 0.1) is 0 Å². The van der Waals surface area contributed by atoms with Crippen LogP contribution in [-0.2, 0) is 9.59 Å². The maximum Gasteiger partial charge on any atom is 0.320 e. The first-order valence-electron chi connectivity index (χ1n) is 3.63. The van der Waals surface area contributed by atoms with Gasteiger partial charge in [-0.15, -0.1) is 0 Å². The molecule has 0 aliphatic heterocycles. The van der Waals surface area contributed by atoms with Gasteiger partial charge in [-0.25, -0.2) is 0 Å². The Bertz CT molecular complexity index is 179. The van der Waals surface area contributed by atoms with E-state index in [0.717, 1.165) is 0 Å². The third kappa shape index (κ3) is 3.92. The smallest absolute Gasteiger partial charge is 0.320 e. The van der Waals surface area contributed by atoms with E-state index in [9.17, 15) is 9.59 Å². The second kappa shape index (κ2) is 4.71. The summed E-state index contributed by atoms with van der Waals surface area (Å²) in [4.78, 5) is 22.6. The highest BCUT2D eigenvalue weighted by molar-refractivity contribution is 5.78. The molecule has 1 unspecified atom stereocenters. The van der Waals surface area contributed by atoms with Crippen molar-refractivity contribution in [1.29, 1.82) is 0 Å². The Hall–Kier alpha value is -1.10. The van der Waals surface area contributed by atoms with Crippen molar-refractivity contribution in [2.24, 2.45) is 5.73 Å². The van der Waals surface area contributed by atoms with Crippen LogP contribution in [0.1, 0.15) is 12.8 Å². The number of carbonyl (C=O) groups excluding carboxylic acids is 1. The number of carbonyl (C=O) groups is 2. The number of hydrogen-bond acceptors (Lipinski definition) is 3. The summed E-state index contributed by atoms with van der Waals surface area (Å²) in [5, 5.41) is 8.38. The van der Waals surface area contributed by atoms with Gasteiger partial charge < -0.3 is 15.7 Å². The first-order chi connectivity index (χ1) is 5.45. The molecule has 0 heterocycles. The number of carboxylic acid groups (broad SMARTS) is 1. The Morgan fingerprint density at radius 3 is 2.33 bits per heavy atom. The van der Waals surface area contributed by atoms with Crippen molar-refractivity contribution in [2.75, 3.05) is 14.1 Å². The SMILES string of the molecule is CN(C)C(=O)CCC(N)C(=O)O. The largest absolute Gasteiger partial charge is 0.480 e. The van der Waals surface area contributed by atoms with E-state index in [1.807, 2.05) is 0 Å². The van der Waals surface area contributed by atoms with E-state index in [0.29, 0.717) is 0 Å². The van der Waals surface area contributed by atoms with Gasteiger partial charge in [-0.2, -0.15) is 0 Å². The summed E-state index contributed by atoms with van der Waals surface area (Å²) in [5.41, 5.74) is 5.19. The minimum absolute atomic E-state index is 0.105. The molecule has 1 atom stereocenters. The summed E-state index contributed by atoms with van der Waals surface area (Å²) in [6, 6.07) is -0.936. The molecule has 0 aromatic carbocycles. The van der Waals surface area contributed by atoms with Crippen molar-refractivity contribution in [2.45, 2.75) is 18.9 Å². The van der Waals surface area contributed by atoms with E-state index in [-0.39, 0.29) is 18.7 Å². The lowest BCUT2D eigenvalue weighted by molar-refractivity contribution is -0.138. The Morgan fingerprint density at radius 1 is 1.50 bits per heavy atom. The van der Waals surface area contributed by atoms with Gasteiger partial charge in [-0.05, 0) is 6.42 Å². The van der Waals surface area contributed by atoms with Gasteiger partial charge in [0.2, 0.25) is 5.91 Å². The molecule has 70 valence electrons. The molecule has 0 radical (unpaired) electrons. The Morgan fingerprint density at radius 2 is 2.00 bits per heavy atom. The van der Waals surface area contributed by atoms with Gasteiger partial charge in [-0.1, -0.05) is 0 Å². The summed E-state index contributed by atoms with van der Waals surface area (Å²) >= 11 is 0. The number of carboxylic acids is 1. The molecule has 1 amide bonds. The van der Waals surface area contributed by atoms with Crippen molar-refractivity contribution in [3.05, 3.63) is 0 Å². The first-order valence-corrected chi connectivity index (χ1v) is 3.63. The average Bonchev–Trinajstić information content (AvgIpc) is 1.98.